The van der Waals surface area contributed by atoms with Crippen LogP contribution in [0, 0.1) is 0 Å². The Labute approximate surface area is 311 Å². The molecule has 0 bridgehead atoms. The molecule has 3 heterocycles. The Morgan fingerprint density at radius 1 is 0.333 bits per heavy atom. The molecule has 7 aromatic carbocycles. The van der Waals surface area contributed by atoms with Gasteiger partial charge in [0, 0.05) is 38.4 Å². The summed E-state index contributed by atoms with van der Waals surface area (Å²) in [5, 5.41) is 5.05. The third-order valence-corrected chi connectivity index (χ3v) is 11.7. The van der Waals surface area contributed by atoms with E-state index in [0.29, 0.717) is 17.6 Å². The van der Waals surface area contributed by atoms with Crippen LogP contribution in [-0.2, 0) is 25.7 Å². The lowest BCUT2D eigenvalue weighted by Gasteiger charge is -2.19. The summed E-state index contributed by atoms with van der Waals surface area (Å²) in [6.07, 6.45) is 4.54. The van der Waals surface area contributed by atoms with Crippen molar-refractivity contribution < 1.29 is 0 Å². The Hall–Kier alpha value is -6.85. The van der Waals surface area contributed by atoms with Gasteiger partial charge in [-0.05, 0) is 120 Å². The number of fused-ring (bicyclic) bond motifs is 8. The van der Waals surface area contributed by atoms with Crippen molar-refractivity contribution >= 4 is 43.6 Å². The topological polar surface area (TPSA) is 48.5 Å². The molecule has 0 unspecified atom stereocenters. The van der Waals surface area contributed by atoms with Gasteiger partial charge < -0.3 is 4.57 Å². The Morgan fingerprint density at radius 3 is 1.26 bits per heavy atom. The van der Waals surface area contributed by atoms with Crippen LogP contribution >= 0.6 is 0 Å². The van der Waals surface area contributed by atoms with Gasteiger partial charge >= 0.3 is 0 Å². The van der Waals surface area contributed by atoms with Crippen molar-refractivity contribution in [3.05, 3.63) is 174 Å². The molecular formula is C49H33N5. The van der Waals surface area contributed by atoms with Crippen molar-refractivity contribution in [1.29, 1.82) is 0 Å². The number of hydrogen-bond acceptors (Lipinski definition) is 3. The van der Waals surface area contributed by atoms with Crippen molar-refractivity contribution in [2.75, 3.05) is 0 Å². The lowest BCUT2D eigenvalue weighted by molar-refractivity contribution is 0.842. The quantitative estimate of drug-likeness (QED) is 0.180. The molecule has 54 heavy (non-hydrogen) atoms. The average molecular weight is 692 g/mol. The van der Waals surface area contributed by atoms with E-state index in [0.717, 1.165) is 47.8 Å². The lowest BCUT2D eigenvalue weighted by Crippen LogP contribution is -2.09. The Kier molecular flexibility index (Phi) is 6.23. The van der Waals surface area contributed by atoms with E-state index in [4.69, 9.17) is 15.0 Å². The van der Waals surface area contributed by atoms with Gasteiger partial charge in [0.25, 0.3) is 0 Å². The number of aromatic nitrogens is 5. The summed E-state index contributed by atoms with van der Waals surface area (Å²) in [6.45, 7) is 0. The van der Waals surface area contributed by atoms with Crippen LogP contribution < -0.4 is 0 Å². The van der Waals surface area contributed by atoms with Gasteiger partial charge in [-0.3, -0.25) is 4.57 Å². The molecule has 0 radical (unpaired) electrons. The Bertz CT molecular complexity index is 3080. The summed E-state index contributed by atoms with van der Waals surface area (Å²) >= 11 is 0. The van der Waals surface area contributed by atoms with Gasteiger partial charge in [0.05, 0.1) is 22.1 Å². The van der Waals surface area contributed by atoms with Gasteiger partial charge in [-0.2, -0.15) is 9.97 Å². The molecule has 2 aliphatic rings. The van der Waals surface area contributed by atoms with Gasteiger partial charge in [0.2, 0.25) is 5.95 Å². The summed E-state index contributed by atoms with van der Waals surface area (Å²) in [6, 6.07) is 54.7. The Balaban J connectivity index is 1.08. The van der Waals surface area contributed by atoms with E-state index in [1.165, 1.54) is 71.6 Å². The van der Waals surface area contributed by atoms with E-state index in [2.05, 4.69) is 124 Å². The summed E-state index contributed by atoms with van der Waals surface area (Å²) in [7, 11) is 0. The standard InChI is InChI=1S/C49H33N5/c1-4-10-30(11-5-1)47-50-48(31-12-6-2-7-13-31)52-49(51-47)54-44-23-21-35(25-40(44)42-27-33-17-19-37(33)29-46(42)54)34-20-22-43-39(24-34)41-26-32-16-18-36(32)28-45(41)53(43)38-14-8-3-9-15-38/h1-15,20-29H,16-19H2. The summed E-state index contributed by atoms with van der Waals surface area (Å²) in [5.74, 6) is 1.95. The van der Waals surface area contributed by atoms with Crippen LogP contribution in [0.2, 0.25) is 0 Å². The number of benzene rings is 7. The van der Waals surface area contributed by atoms with E-state index in [1.807, 2.05) is 36.4 Å². The number of para-hydroxylation sites is 1. The number of rotatable bonds is 5. The van der Waals surface area contributed by atoms with Gasteiger partial charge in [-0.25, -0.2) is 4.98 Å². The van der Waals surface area contributed by atoms with E-state index in [-0.39, 0.29) is 0 Å². The fraction of sp³-hybridized carbons (Fsp3) is 0.0816. The molecule has 0 saturated carbocycles. The normalized spacial score (nSPS) is 13.3. The maximum Gasteiger partial charge on any atom is 0.238 e. The fourth-order valence-electron chi connectivity index (χ4n) is 8.75. The van der Waals surface area contributed by atoms with Gasteiger partial charge in [0.1, 0.15) is 0 Å². The van der Waals surface area contributed by atoms with Gasteiger partial charge in [-0.15, -0.1) is 0 Å². The van der Waals surface area contributed by atoms with Crippen LogP contribution in [0.15, 0.2) is 152 Å². The monoisotopic (exact) mass is 691 g/mol. The molecular weight excluding hydrogens is 659 g/mol. The second kappa shape index (κ2) is 11.3. The molecule has 10 aromatic rings. The van der Waals surface area contributed by atoms with Gasteiger partial charge in [0.15, 0.2) is 11.6 Å². The molecule has 0 N–H and O–H groups in total. The smallest absolute Gasteiger partial charge is 0.238 e. The summed E-state index contributed by atoms with van der Waals surface area (Å²) in [5.41, 5.74) is 16.1. The molecule has 0 aliphatic heterocycles. The second-order valence-corrected chi connectivity index (χ2v) is 14.8. The first-order valence-electron chi connectivity index (χ1n) is 18.9. The van der Waals surface area contributed by atoms with Crippen LogP contribution in [0.4, 0.5) is 0 Å². The molecule has 254 valence electrons. The largest absolute Gasteiger partial charge is 0.309 e. The molecule has 0 spiro atoms. The van der Waals surface area contributed by atoms with Crippen molar-refractivity contribution in [3.8, 4) is 45.5 Å². The van der Waals surface area contributed by atoms with Crippen LogP contribution in [0.1, 0.15) is 22.3 Å². The lowest BCUT2D eigenvalue weighted by atomic mass is 9.87. The molecule has 5 heteroatoms. The van der Waals surface area contributed by atoms with E-state index in [9.17, 15) is 0 Å². The minimum atomic E-state index is 0.626. The minimum absolute atomic E-state index is 0.626. The zero-order chi connectivity index (χ0) is 35.3. The molecule has 2 aliphatic carbocycles. The van der Waals surface area contributed by atoms with Crippen LogP contribution in [-0.4, -0.2) is 24.1 Å². The summed E-state index contributed by atoms with van der Waals surface area (Å²) in [4.78, 5) is 15.3. The highest BCUT2D eigenvalue weighted by Gasteiger charge is 2.23. The molecule has 0 amide bonds. The third-order valence-electron chi connectivity index (χ3n) is 11.7. The molecule has 3 aromatic heterocycles. The number of nitrogens with zero attached hydrogens (tertiary/aromatic N) is 5. The predicted molar refractivity (Wildman–Crippen MR) is 220 cm³/mol. The van der Waals surface area contributed by atoms with E-state index < -0.39 is 0 Å². The zero-order valence-corrected chi connectivity index (χ0v) is 29.5. The second-order valence-electron chi connectivity index (χ2n) is 14.8. The highest BCUT2D eigenvalue weighted by atomic mass is 15.2. The number of aryl methyl sites for hydroxylation is 4. The van der Waals surface area contributed by atoms with E-state index >= 15 is 0 Å². The van der Waals surface area contributed by atoms with Crippen LogP contribution in [0.3, 0.4) is 0 Å². The molecule has 5 nitrogen and oxygen atoms in total. The molecule has 0 saturated heterocycles. The van der Waals surface area contributed by atoms with E-state index in [1.54, 1.807) is 0 Å². The van der Waals surface area contributed by atoms with Crippen molar-refractivity contribution in [2.24, 2.45) is 0 Å². The highest BCUT2D eigenvalue weighted by Crippen LogP contribution is 2.41. The zero-order valence-electron chi connectivity index (χ0n) is 29.5. The molecule has 0 atom stereocenters. The van der Waals surface area contributed by atoms with Crippen LogP contribution in [0.5, 0.6) is 0 Å². The maximum absolute atomic E-state index is 5.17. The highest BCUT2D eigenvalue weighted by molar-refractivity contribution is 6.13. The molecule has 0 fully saturated rings. The average Bonchev–Trinajstić information content (AvgIpc) is 3.70. The fourth-order valence-corrected chi connectivity index (χ4v) is 8.75. The van der Waals surface area contributed by atoms with Crippen LogP contribution in [0.25, 0.3) is 89.2 Å². The SMILES string of the molecule is c1ccc(-c2nc(-c3ccccc3)nc(-n3c4ccc(-c5ccc6c(c5)c5cc7c(cc5n6-c5ccccc5)CC7)cc4c4cc5c(cc43)CC5)n2)cc1. The first kappa shape index (κ1) is 29.7. The minimum Gasteiger partial charge on any atom is -0.309 e. The van der Waals surface area contributed by atoms with Crippen molar-refractivity contribution in [2.45, 2.75) is 25.7 Å². The first-order valence-corrected chi connectivity index (χ1v) is 18.9. The molecule has 12 rings (SSSR count). The maximum atomic E-state index is 5.17. The van der Waals surface area contributed by atoms with Crippen molar-refractivity contribution in [1.82, 2.24) is 24.1 Å². The first-order chi connectivity index (χ1) is 26.7. The Morgan fingerprint density at radius 2 is 0.759 bits per heavy atom. The third kappa shape index (κ3) is 4.42. The van der Waals surface area contributed by atoms with Crippen molar-refractivity contribution in [3.63, 3.8) is 0 Å². The van der Waals surface area contributed by atoms with Gasteiger partial charge in [-0.1, -0.05) is 91.0 Å². The summed E-state index contributed by atoms with van der Waals surface area (Å²) < 4.78 is 4.69. The number of hydrogen-bond donors (Lipinski definition) is 0. The predicted octanol–water partition coefficient (Wildman–Crippen LogP) is 11.3.